The second kappa shape index (κ2) is 8.14. The second-order valence-electron chi connectivity index (χ2n) is 7.51. The van der Waals surface area contributed by atoms with E-state index in [0.717, 1.165) is 44.0 Å². The highest BCUT2D eigenvalue weighted by Crippen LogP contribution is 2.14. The number of hydrogen-bond acceptors (Lipinski definition) is 6. The number of piperazine rings is 1. The minimum Gasteiger partial charge on any atom is -0.325 e. The van der Waals surface area contributed by atoms with Crippen LogP contribution in [0.5, 0.6) is 0 Å². The van der Waals surface area contributed by atoms with E-state index in [0.29, 0.717) is 11.0 Å². The van der Waals surface area contributed by atoms with Crippen molar-refractivity contribution in [2.75, 3.05) is 38.5 Å². The average molecular weight is 395 g/mol. The van der Waals surface area contributed by atoms with Crippen LogP contribution in [0.4, 0.5) is 5.69 Å². The molecule has 1 aromatic carbocycles. The van der Waals surface area contributed by atoms with E-state index in [9.17, 15) is 9.59 Å². The second-order valence-corrected chi connectivity index (χ2v) is 7.51. The molecule has 1 amide bonds. The molecule has 9 nitrogen and oxygen atoms in total. The van der Waals surface area contributed by atoms with Gasteiger partial charge in [0.25, 0.3) is 5.56 Å². The predicted octanol–water partition coefficient (Wildman–Crippen LogP) is 0.516. The summed E-state index contributed by atoms with van der Waals surface area (Å²) in [5.74, 6) is -0.270. The zero-order chi connectivity index (χ0) is 20.4. The fraction of sp³-hybridized carbons (Fsp3) is 0.400. The molecule has 0 unspecified atom stereocenters. The van der Waals surface area contributed by atoms with Crippen LogP contribution in [0.3, 0.4) is 0 Å². The number of fused-ring (bicyclic) bond motifs is 1. The molecule has 152 valence electrons. The number of nitrogens with one attached hydrogen (secondary N) is 1. The Morgan fingerprint density at radius 2 is 1.97 bits per heavy atom. The lowest BCUT2D eigenvalue weighted by Crippen LogP contribution is -2.43. The highest BCUT2D eigenvalue weighted by molar-refractivity contribution is 5.90. The van der Waals surface area contributed by atoms with Gasteiger partial charge in [0.2, 0.25) is 5.91 Å². The van der Waals surface area contributed by atoms with Crippen LogP contribution in [-0.2, 0) is 24.9 Å². The smallest absolute Gasteiger partial charge is 0.264 e. The first-order valence-corrected chi connectivity index (χ1v) is 9.66. The van der Waals surface area contributed by atoms with E-state index in [4.69, 9.17) is 0 Å². The third-order valence-corrected chi connectivity index (χ3v) is 5.24. The SMILES string of the molecule is CN1CCN(Cc2cccc(NC(=O)Cn3cnc4c(cnn4C)c3=O)c2)CC1. The average Bonchev–Trinajstić information content (AvgIpc) is 3.08. The minimum atomic E-state index is -0.276. The van der Waals surface area contributed by atoms with Gasteiger partial charge in [-0.3, -0.25) is 23.7 Å². The molecule has 0 bridgehead atoms. The summed E-state index contributed by atoms with van der Waals surface area (Å²) in [6.45, 7) is 4.98. The number of carbonyl (C=O) groups is 1. The van der Waals surface area contributed by atoms with Gasteiger partial charge in [-0.05, 0) is 24.7 Å². The molecule has 0 saturated carbocycles. The fourth-order valence-electron chi connectivity index (χ4n) is 3.55. The lowest BCUT2D eigenvalue weighted by molar-refractivity contribution is -0.116. The van der Waals surface area contributed by atoms with Crippen molar-refractivity contribution in [3.63, 3.8) is 0 Å². The summed E-state index contributed by atoms with van der Waals surface area (Å²) in [6, 6.07) is 7.85. The van der Waals surface area contributed by atoms with Crippen molar-refractivity contribution in [1.29, 1.82) is 0 Å². The van der Waals surface area contributed by atoms with E-state index in [1.165, 1.54) is 21.8 Å². The number of amides is 1. The standard InChI is InChI=1S/C20H25N7O2/c1-24-6-8-26(9-7-24)12-15-4-3-5-16(10-15)23-18(28)13-27-14-21-19-17(20(27)29)11-22-25(19)2/h3-5,10-11,14H,6-9,12-13H2,1-2H3,(H,23,28). The minimum absolute atomic E-state index is 0.0979. The Balaban J connectivity index is 1.41. The summed E-state index contributed by atoms with van der Waals surface area (Å²) in [5, 5.41) is 7.32. The highest BCUT2D eigenvalue weighted by Gasteiger charge is 2.14. The number of anilines is 1. The molecule has 2 aromatic heterocycles. The maximum Gasteiger partial charge on any atom is 0.264 e. The van der Waals surface area contributed by atoms with E-state index in [2.05, 4.69) is 38.3 Å². The van der Waals surface area contributed by atoms with Crippen molar-refractivity contribution in [2.24, 2.45) is 7.05 Å². The molecule has 3 heterocycles. The van der Waals surface area contributed by atoms with Crippen molar-refractivity contribution in [1.82, 2.24) is 29.1 Å². The summed E-state index contributed by atoms with van der Waals surface area (Å²) in [7, 11) is 3.86. The first-order chi connectivity index (χ1) is 14.0. The molecule has 1 aliphatic rings. The van der Waals surface area contributed by atoms with Crippen LogP contribution < -0.4 is 10.9 Å². The third-order valence-electron chi connectivity index (χ3n) is 5.24. The van der Waals surface area contributed by atoms with E-state index in [1.807, 2.05) is 18.2 Å². The Morgan fingerprint density at radius 1 is 1.17 bits per heavy atom. The number of benzene rings is 1. The predicted molar refractivity (Wildman–Crippen MR) is 111 cm³/mol. The topological polar surface area (TPSA) is 88.3 Å². The lowest BCUT2D eigenvalue weighted by Gasteiger charge is -2.32. The Kier molecular flexibility index (Phi) is 5.41. The van der Waals surface area contributed by atoms with E-state index in [1.54, 1.807) is 7.05 Å². The number of carbonyl (C=O) groups excluding carboxylic acids is 1. The quantitative estimate of drug-likeness (QED) is 0.678. The first kappa shape index (κ1) is 19.3. The van der Waals surface area contributed by atoms with Gasteiger partial charge in [-0.25, -0.2) is 4.98 Å². The molecule has 1 aliphatic heterocycles. The molecule has 0 atom stereocenters. The Labute approximate surface area is 168 Å². The third kappa shape index (κ3) is 4.36. The van der Waals surface area contributed by atoms with Gasteiger partial charge in [0, 0.05) is 45.5 Å². The van der Waals surface area contributed by atoms with Crippen LogP contribution in [0.15, 0.2) is 41.6 Å². The molecule has 4 rings (SSSR count). The zero-order valence-electron chi connectivity index (χ0n) is 16.7. The summed E-state index contributed by atoms with van der Waals surface area (Å²) in [6.07, 6.45) is 2.86. The van der Waals surface area contributed by atoms with Crippen molar-refractivity contribution in [3.05, 3.63) is 52.7 Å². The normalized spacial score (nSPS) is 15.7. The molecular weight excluding hydrogens is 370 g/mol. The maximum atomic E-state index is 12.5. The largest absolute Gasteiger partial charge is 0.325 e. The molecule has 1 saturated heterocycles. The number of likely N-dealkylation sites (N-methyl/N-ethyl adjacent to an activating group) is 1. The summed E-state index contributed by atoms with van der Waals surface area (Å²) >= 11 is 0. The van der Waals surface area contributed by atoms with Gasteiger partial charge in [-0.1, -0.05) is 12.1 Å². The number of aromatic nitrogens is 4. The van der Waals surface area contributed by atoms with Crippen molar-refractivity contribution < 1.29 is 4.79 Å². The summed E-state index contributed by atoms with van der Waals surface area (Å²) < 4.78 is 2.83. The van der Waals surface area contributed by atoms with Gasteiger partial charge in [0.1, 0.15) is 18.3 Å². The Morgan fingerprint density at radius 3 is 2.76 bits per heavy atom. The molecule has 0 radical (unpaired) electrons. The monoisotopic (exact) mass is 395 g/mol. The van der Waals surface area contributed by atoms with E-state index in [-0.39, 0.29) is 18.0 Å². The number of aryl methyl sites for hydroxylation is 1. The molecule has 3 aromatic rings. The van der Waals surface area contributed by atoms with Gasteiger partial charge < -0.3 is 10.2 Å². The van der Waals surface area contributed by atoms with E-state index < -0.39 is 0 Å². The molecule has 0 spiro atoms. The van der Waals surface area contributed by atoms with Crippen LogP contribution in [0, 0.1) is 0 Å². The van der Waals surface area contributed by atoms with Gasteiger partial charge in [0.05, 0.1) is 6.20 Å². The molecule has 0 aliphatic carbocycles. The molecule has 1 fully saturated rings. The van der Waals surface area contributed by atoms with Crippen LogP contribution in [-0.4, -0.2) is 68.3 Å². The molecular formula is C20H25N7O2. The van der Waals surface area contributed by atoms with Gasteiger partial charge in [-0.2, -0.15) is 5.10 Å². The highest BCUT2D eigenvalue weighted by atomic mass is 16.2. The van der Waals surface area contributed by atoms with Crippen LogP contribution in [0.1, 0.15) is 5.56 Å². The number of hydrogen-bond donors (Lipinski definition) is 1. The van der Waals surface area contributed by atoms with Crippen molar-refractivity contribution in [2.45, 2.75) is 13.1 Å². The van der Waals surface area contributed by atoms with Gasteiger partial charge in [0.15, 0.2) is 5.65 Å². The van der Waals surface area contributed by atoms with Gasteiger partial charge >= 0.3 is 0 Å². The molecule has 1 N–H and O–H groups in total. The van der Waals surface area contributed by atoms with E-state index >= 15 is 0 Å². The number of nitrogens with zero attached hydrogens (tertiary/aromatic N) is 6. The Hall–Kier alpha value is -3.04. The first-order valence-electron chi connectivity index (χ1n) is 9.66. The fourth-order valence-corrected chi connectivity index (χ4v) is 3.55. The maximum absolute atomic E-state index is 12.5. The summed E-state index contributed by atoms with van der Waals surface area (Å²) in [4.78, 5) is 33.9. The molecule has 9 heteroatoms. The lowest BCUT2D eigenvalue weighted by atomic mass is 10.1. The number of rotatable bonds is 5. The Bertz CT molecular complexity index is 1080. The van der Waals surface area contributed by atoms with Crippen LogP contribution in [0.2, 0.25) is 0 Å². The summed E-state index contributed by atoms with van der Waals surface area (Å²) in [5.41, 5.74) is 2.11. The van der Waals surface area contributed by atoms with Gasteiger partial charge in [-0.15, -0.1) is 0 Å². The van der Waals surface area contributed by atoms with Crippen LogP contribution in [0.25, 0.3) is 11.0 Å². The molecule has 29 heavy (non-hydrogen) atoms. The van der Waals surface area contributed by atoms with Crippen molar-refractivity contribution >= 4 is 22.6 Å². The van der Waals surface area contributed by atoms with Crippen molar-refractivity contribution in [3.8, 4) is 0 Å². The van der Waals surface area contributed by atoms with Crippen LogP contribution >= 0.6 is 0 Å². The zero-order valence-corrected chi connectivity index (χ0v) is 16.7.